The summed E-state index contributed by atoms with van der Waals surface area (Å²) in [4.78, 5) is 29.2. The summed E-state index contributed by atoms with van der Waals surface area (Å²) < 4.78 is 41.8. The van der Waals surface area contributed by atoms with Gasteiger partial charge in [0.2, 0.25) is 5.95 Å². The van der Waals surface area contributed by atoms with Crippen molar-refractivity contribution in [2.75, 3.05) is 13.1 Å². The number of nitrogens with one attached hydrogen (secondary N) is 1. The second-order valence-corrected chi connectivity index (χ2v) is 7.61. The van der Waals surface area contributed by atoms with Crippen molar-refractivity contribution in [3.63, 3.8) is 0 Å². The lowest BCUT2D eigenvalue weighted by Gasteiger charge is -2.26. The van der Waals surface area contributed by atoms with E-state index in [4.69, 9.17) is 0 Å². The van der Waals surface area contributed by atoms with Gasteiger partial charge in [-0.3, -0.25) is 14.6 Å². The molecule has 3 aromatic rings. The van der Waals surface area contributed by atoms with Gasteiger partial charge < -0.3 is 4.90 Å². The Morgan fingerprint density at radius 3 is 2.86 bits per heavy atom. The number of carbonyl (C=O) groups is 1. The Kier molecular flexibility index (Phi) is 3.68. The molecule has 1 N–H and O–H groups in total. The summed E-state index contributed by atoms with van der Waals surface area (Å²) in [6, 6.07) is 3.30. The van der Waals surface area contributed by atoms with Crippen LogP contribution in [0.1, 0.15) is 22.5 Å². The highest BCUT2D eigenvalue weighted by atomic mass is 19.4. The molecule has 1 saturated carbocycles. The molecule has 1 aliphatic heterocycles. The zero-order valence-electron chi connectivity index (χ0n) is 15.3. The van der Waals surface area contributed by atoms with Gasteiger partial charge in [-0.2, -0.15) is 18.3 Å². The minimum Gasteiger partial charge on any atom is -0.338 e. The Morgan fingerprint density at radius 2 is 2.10 bits per heavy atom. The fourth-order valence-corrected chi connectivity index (χ4v) is 4.44. The van der Waals surface area contributed by atoms with Crippen LogP contribution < -0.4 is 5.56 Å². The van der Waals surface area contributed by atoms with Gasteiger partial charge in [-0.25, -0.2) is 9.20 Å². The number of halogens is 3. The van der Waals surface area contributed by atoms with Crippen molar-refractivity contribution in [2.45, 2.75) is 19.5 Å². The topological polar surface area (TPSA) is 88.3 Å². The third kappa shape index (κ3) is 2.75. The van der Waals surface area contributed by atoms with Gasteiger partial charge in [-0.15, -0.1) is 5.10 Å². The van der Waals surface area contributed by atoms with Crippen LogP contribution in [-0.4, -0.2) is 54.5 Å². The van der Waals surface area contributed by atoms with Crippen LogP contribution in [0, 0.1) is 24.7 Å². The van der Waals surface area contributed by atoms with Gasteiger partial charge in [0, 0.05) is 19.3 Å². The number of likely N-dealkylation sites (tertiary alicyclic amines) is 1. The zero-order valence-corrected chi connectivity index (χ0v) is 15.3. The highest BCUT2D eigenvalue weighted by Crippen LogP contribution is 2.59. The van der Waals surface area contributed by atoms with Gasteiger partial charge >= 0.3 is 6.18 Å². The molecule has 4 heterocycles. The smallest absolute Gasteiger partial charge is 0.338 e. The van der Waals surface area contributed by atoms with Crippen LogP contribution in [0.15, 0.2) is 29.3 Å². The second-order valence-electron chi connectivity index (χ2n) is 7.61. The summed E-state index contributed by atoms with van der Waals surface area (Å²) in [6.45, 7) is 2.05. The van der Waals surface area contributed by atoms with E-state index in [2.05, 4.69) is 15.2 Å². The maximum Gasteiger partial charge on any atom is 0.392 e. The minimum absolute atomic E-state index is 0.0999. The van der Waals surface area contributed by atoms with E-state index in [0.29, 0.717) is 24.2 Å². The molecule has 3 atom stereocenters. The summed E-state index contributed by atoms with van der Waals surface area (Å²) in [5, 5.41) is 8.44. The van der Waals surface area contributed by atoms with Crippen LogP contribution in [0.25, 0.3) is 11.5 Å². The molecule has 0 bridgehead atoms. The van der Waals surface area contributed by atoms with Gasteiger partial charge in [-0.1, -0.05) is 0 Å². The SMILES string of the molecule is Cc1c(C(=O)N2CCC3C(C2)C3C(F)(F)F)cnn1-c1nn2cccc2c(=O)[nH]1. The third-order valence-electron chi connectivity index (χ3n) is 5.99. The fourth-order valence-electron chi connectivity index (χ4n) is 4.44. The predicted molar refractivity (Wildman–Crippen MR) is 94.7 cm³/mol. The molecule has 1 amide bonds. The molecule has 5 rings (SSSR count). The number of aromatic amines is 1. The van der Waals surface area contributed by atoms with Crippen molar-refractivity contribution in [2.24, 2.45) is 17.8 Å². The Balaban J connectivity index is 1.41. The van der Waals surface area contributed by atoms with Crippen molar-refractivity contribution in [1.29, 1.82) is 0 Å². The van der Waals surface area contributed by atoms with Gasteiger partial charge in [0.05, 0.1) is 23.4 Å². The predicted octanol–water partition coefficient (Wildman–Crippen LogP) is 1.79. The highest BCUT2D eigenvalue weighted by Gasteiger charge is 2.65. The van der Waals surface area contributed by atoms with Gasteiger partial charge in [0.25, 0.3) is 11.5 Å². The first kappa shape index (κ1) is 18.0. The van der Waals surface area contributed by atoms with E-state index in [0.717, 1.165) is 0 Å². The lowest BCUT2D eigenvalue weighted by Crippen LogP contribution is -2.37. The third-order valence-corrected chi connectivity index (χ3v) is 5.99. The van der Waals surface area contributed by atoms with E-state index in [1.165, 1.54) is 20.3 Å². The van der Waals surface area contributed by atoms with Gasteiger partial charge in [-0.05, 0) is 37.3 Å². The molecule has 0 aromatic carbocycles. The lowest BCUT2D eigenvalue weighted by molar-refractivity contribution is -0.153. The van der Waals surface area contributed by atoms with E-state index in [9.17, 15) is 22.8 Å². The first-order valence-corrected chi connectivity index (χ1v) is 9.24. The first-order valence-electron chi connectivity index (χ1n) is 9.24. The van der Waals surface area contributed by atoms with Crippen molar-refractivity contribution < 1.29 is 18.0 Å². The number of amides is 1. The molecular formula is C18H17F3N6O2. The monoisotopic (exact) mass is 406 g/mol. The molecule has 1 saturated heterocycles. The summed E-state index contributed by atoms with van der Waals surface area (Å²) >= 11 is 0. The van der Waals surface area contributed by atoms with Crippen LogP contribution >= 0.6 is 0 Å². The summed E-state index contributed by atoms with van der Waals surface area (Å²) in [7, 11) is 0. The molecule has 2 fully saturated rings. The number of piperidine rings is 1. The number of aromatic nitrogens is 5. The molecule has 3 aromatic heterocycles. The maximum absolute atomic E-state index is 13.0. The molecule has 8 nitrogen and oxygen atoms in total. The van der Waals surface area contributed by atoms with Crippen molar-refractivity contribution in [3.05, 3.63) is 46.1 Å². The second kappa shape index (κ2) is 5.94. The number of carbonyl (C=O) groups excluding carboxylic acids is 1. The normalized spacial score (nSPS) is 24.0. The molecule has 2 aliphatic rings. The van der Waals surface area contributed by atoms with E-state index in [1.807, 2.05) is 0 Å². The number of hydrogen-bond donors (Lipinski definition) is 1. The van der Waals surface area contributed by atoms with E-state index in [-0.39, 0.29) is 35.4 Å². The summed E-state index contributed by atoms with van der Waals surface area (Å²) in [6.07, 6.45) is -0.871. The average Bonchev–Trinajstić information content (AvgIpc) is 2.99. The highest BCUT2D eigenvalue weighted by molar-refractivity contribution is 5.95. The van der Waals surface area contributed by atoms with E-state index < -0.39 is 18.0 Å². The number of nitrogens with zero attached hydrogens (tertiary/aromatic N) is 5. The number of fused-ring (bicyclic) bond motifs is 2. The zero-order chi connectivity index (χ0) is 20.5. The van der Waals surface area contributed by atoms with Crippen molar-refractivity contribution in [1.82, 2.24) is 29.3 Å². The van der Waals surface area contributed by atoms with E-state index in [1.54, 1.807) is 25.3 Å². The number of alkyl halides is 3. The van der Waals surface area contributed by atoms with E-state index >= 15 is 0 Å². The minimum atomic E-state index is -4.20. The molecule has 1 aliphatic carbocycles. The Bertz CT molecular complexity index is 1180. The first-order chi connectivity index (χ1) is 13.8. The largest absolute Gasteiger partial charge is 0.392 e. The molecular weight excluding hydrogens is 389 g/mol. The van der Waals surface area contributed by atoms with Crippen LogP contribution in [-0.2, 0) is 0 Å². The fraction of sp³-hybridized carbons (Fsp3) is 0.444. The molecule has 11 heteroatoms. The molecule has 0 spiro atoms. The van der Waals surface area contributed by atoms with Crippen molar-refractivity contribution in [3.8, 4) is 5.95 Å². The summed E-state index contributed by atoms with van der Waals surface area (Å²) in [5.74, 6) is -2.40. The number of H-pyrrole nitrogens is 1. The quantitative estimate of drug-likeness (QED) is 0.703. The Morgan fingerprint density at radius 1 is 1.31 bits per heavy atom. The Labute approximate surface area is 161 Å². The Hall–Kier alpha value is -3.11. The van der Waals surface area contributed by atoms with Gasteiger partial charge in [0.1, 0.15) is 5.52 Å². The van der Waals surface area contributed by atoms with Gasteiger partial charge in [0.15, 0.2) is 0 Å². The standard InChI is InChI=1S/C18H17F3N6O2/c1-9-11(16(29)25-6-4-10-12(8-25)14(10)18(19,20)21)7-22-27(9)17-23-15(28)13-3-2-5-26(13)24-17/h2-3,5,7,10,12,14H,4,6,8H2,1H3,(H,23,24,28). The number of rotatable bonds is 2. The molecule has 0 radical (unpaired) electrons. The average molecular weight is 406 g/mol. The number of hydrogen-bond acceptors (Lipinski definition) is 4. The molecule has 152 valence electrons. The van der Waals surface area contributed by atoms with Crippen LogP contribution in [0.5, 0.6) is 0 Å². The molecule has 3 unspecified atom stereocenters. The lowest BCUT2D eigenvalue weighted by atomic mass is 10.1. The summed E-state index contributed by atoms with van der Waals surface area (Å²) in [5.41, 5.74) is 0.760. The van der Waals surface area contributed by atoms with Crippen LogP contribution in [0.4, 0.5) is 13.2 Å². The molecule has 29 heavy (non-hydrogen) atoms. The van der Waals surface area contributed by atoms with Crippen LogP contribution in [0.3, 0.4) is 0 Å². The van der Waals surface area contributed by atoms with Crippen LogP contribution in [0.2, 0.25) is 0 Å². The maximum atomic E-state index is 13.0. The van der Waals surface area contributed by atoms with Crippen molar-refractivity contribution >= 4 is 11.4 Å².